The Kier molecular flexibility index (Phi) is 3.86. The van der Waals surface area contributed by atoms with E-state index in [0.29, 0.717) is 12.0 Å². The highest BCUT2D eigenvalue weighted by molar-refractivity contribution is 7.99. The van der Waals surface area contributed by atoms with Crippen molar-refractivity contribution in [3.63, 3.8) is 0 Å². The van der Waals surface area contributed by atoms with Crippen LogP contribution in [0.3, 0.4) is 0 Å². The largest absolute Gasteiger partial charge is 0.339 e. The van der Waals surface area contributed by atoms with Crippen molar-refractivity contribution in [3.05, 3.63) is 11.7 Å². The van der Waals surface area contributed by atoms with Gasteiger partial charge >= 0.3 is 0 Å². The van der Waals surface area contributed by atoms with Gasteiger partial charge in [-0.05, 0) is 32.5 Å². The summed E-state index contributed by atoms with van der Waals surface area (Å²) in [6, 6.07) is 0.322. The molecule has 0 spiro atoms. The van der Waals surface area contributed by atoms with E-state index in [1.165, 1.54) is 12.2 Å². The summed E-state index contributed by atoms with van der Waals surface area (Å²) in [7, 11) is 2.14. The van der Waals surface area contributed by atoms with Crippen LogP contribution in [0.4, 0.5) is 0 Å². The number of hydrogen-bond acceptors (Lipinski definition) is 6. The molecule has 3 heterocycles. The van der Waals surface area contributed by atoms with E-state index < -0.39 is 0 Å². The SMILES string of the molecule is CN1CCSCC1c1noc(CC2CCNC2)n1. The molecule has 0 radical (unpaired) electrons. The minimum Gasteiger partial charge on any atom is -0.339 e. The van der Waals surface area contributed by atoms with Crippen LogP contribution in [-0.4, -0.2) is 53.2 Å². The number of nitrogens with zero attached hydrogens (tertiary/aromatic N) is 3. The molecule has 18 heavy (non-hydrogen) atoms. The Labute approximate surface area is 112 Å². The molecule has 100 valence electrons. The molecule has 0 amide bonds. The molecule has 1 aromatic heterocycles. The quantitative estimate of drug-likeness (QED) is 0.880. The number of aromatic nitrogens is 2. The van der Waals surface area contributed by atoms with Gasteiger partial charge in [-0.25, -0.2) is 0 Å². The lowest BCUT2D eigenvalue weighted by molar-refractivity contribution is 0.256. The molecule has 6 heteroatoms. The molecule has 2 atom stereocenters. The van der Waals surface area contributed by atoms with Crippen LogP contribution in [0.2, 0.25) is 0 Å². The van der Waals surface area contributed by atoms with Crippen molar-refractivity contribution in [2.45, 2.75) is 18.9 Å². The Bertz CT molecular complexity index is 391. The Hall–Kier alpha value is -0.590. The molecule has 0 aromatic carbocycles. The first-order chi connectivity index (χ1) is 8.83. The lowest BCUT2D eigenvalue weighted by atomic mass is 10.1. The van der Waals surface area contributed by atoms with E-state index in [1.54, 1.807) is 0 Å². The van der Waals surface area contributed by atoms with E-state index in [1.807, 2.05) is 11.8 Å². The fourth-order valence-electron chi connectivity index (χ4n) is 2.58. The lowest BCUT2D eigenvalue weighted by Crippen LogP contribution is -2.33. The normalized spacial score (nSPS) is 29.8. The van der Waals surface area contributed by atoms with Gasteiger partial charge in [-0.1, -0.05) is 5.16 Å². The second-order valence-electron chi connectivity index (χ2n) is 5.18. The van der Waals surface area contributed by atoms with Crippen LogP contribution in [0.1, 0.15) is 24.2 Å². The maximum absolute atomic E-state index is 5.40. The molecule has 2 fully saturated rings. The van der Waals surface area contributed by atoms with Crippen molar-refractivity contribution in [2.24, 2.45) is 5.92 Å². The molecule has 2 unspecified atom stereocenters. The van der Waals surface area contributed by atoms with Gasteiger partial charge in [-0.15, -0.1) is 0 Å². The third-order valence-electron chi connectivity index (χ3n) is 3.80. The first-order valence-electron chi connectivity index (χ1n) is 6.64. The molecule has 2 aliphatic rings. The maximum Gasteiger partial charge on any atom is 0.227 e. The van der Waals surface area contributed by atoms with Crippen LogP contribution < -0.4 is 5.32 Å². The molecule has 2 saturated heterocycles. The molecule has 1 aromatic rings. The van der Waals surface area contributed by atoms with Crippen LogP contribution in [0.15, 0.2) is 4.52 Å². The highest BCUT2D eigenvalue weighted by Crippen LogP contribution is 2.26. The average molecular weight is 268 g/mol. The van der Waals surface area contributed by atoms with Gasteiger partial charge in [0.25, 0.3) is 0 Å². The zero-order valence-corrected chi connectivity index (χ0v) is 11.6. The molecule has 0 bridgehead atoms. The Morgan fingerprint density at radius 3 is 3.28 bits per heavy atom. The van der Waals surface area contributed by atoms with Crippen molar-refractivity contribution in [2.75, 3.05) is 38.2 Å². The number of thioether (sulfide) groups is 1. The van der Waals surface area contributed by atoms with Gasteiger partial charge in [0, 0.05) is 24.5 Å². The summed E-state index contributed by atoms with van der Waals surface area (Å²) in [5.74, 6) is 4.61. The fraction of sp³-hybridized carbons (Fsp3) is 0.833. The van der Waals surface area contributed by atoms with E-state index in [0.717, 1.165) is 43.5 Å². The van der Waals surface area contributed by atoms with Gasteiger partial charge in [0.05, 0.1) is 6.04 Å². The molecule has 0 saturated carbocycles. The zero-order valence-electron chi connectivity index (χ0n) is 10.8. The van der Waals surface area contributed by atoms with E-state index in [2.05, 4.69) is 27.4 Å². The summed E-state index contributed by atoms with van der Waals surface area (Å²) in [6.07, 6.45) is 2.14. The second-order valence-corrected chi connectivity index (χ2v) is 6.33. The number of rotatable bonds is 3. The summed E-state index contributed by atoms with van der Waals surface area (Å²) >= 11 is 1.97. The highest BCUT2D eigenvalue weighted by Gasteiger charge is 2.26. The third kappa shape index (κ3) is 2.70. The fourth-order valence-corrected chi connectivity index (χ4v) is 3.79. The van der Waals surface area contributed by atoms with Crippen molar-refractivity contribution >= 4 is 11.8 Å². The predicted molar refractivity (Wildman–Crippen MR) is 71.7 cm³/mol. The standard InChI is InChI=1S/C12H20N4OS/c1-16-4-5-18-8-10(16)12-14-11(17-15-12)6-9-2-3-13-7-9/h9-10,13H,2-8H2,1H3. The molecule has 5 nitrogen and oxygen atoms in total. The topological polar surface area (TPSA) is 54.2 Å². The predicted octanol–water partition coefficient (Wildman–Crippen LogP) is 0.941. The Morgan fingerprint density at radius 2 is 2.50 bits per heavy atom. The first-order valence-corrected chi connectivity index (χ1v) is 7.79. The first kappa shape index (κ1) is 12.4. The van der Waals surface area contributed by atoms with Crippen molar-refractivity contribution in [1.82, 2.24) is 20.4 Å². The monoisotopic (exact) mass is 268 g/mol. The van der Waals surface area contributed by atoms with E-state index in [4.69, 9.17) is 4.52 Å². The van der Waals surface area contributed by atoms with Crippen LogP contribution >= 0.6 is 11.8 Å². The van der Waals surface area contributed by atoms with E-state index >= 15 is 0 Å². The molecule has 3 rings (SSSR count). The smallest absolute Gasteiger partial charge is 0.227 e. The van der Waals surface area contributed by atoms with Crippen molar-refractivity contribution < 1.29 is 4.52 Å². The Morgan fingerprint density at radius 1 is 1.56 bits per heavy atom. The van der Waals surface area contributed by atoms with E-state index in [-0.39, 0.29) is 0 Å². The summed E-state index contributed by atoms with van der Waals surface area (Å²) < 4.78 is 5.40. The van der Waals surface area contributed by atoms with E-state index in [9.17, 15) is 0 Å². The molecular weight excluding hydrogens is 248 g/mol. The molecule has 0 aliphatic carbocycles. The van der Waals surface area contributed by atoms with Gasteiger partial charge in [-0.3, -0.25) is 4.90 Å². The molecule has 1 N–H and O–H groups in total. The molecular formula is C12H20N4OS. The summed E-state index contributed by atoms with van der Waals surface area (Å²) in [5, 5.41) is 7.54. The lowest BCUT2D eigenvalue weighted by Gasteiger charge is -2.29. The summed E-state index contributed by atoms with van der Waals surface area (Å²) in [6.45, 7) is 3.30. The van der Waals surface area contributed by atoms with Crippen molar-refractivity contribution in [1.29, 1.82) is 0 Å². The zero-order chi connectivity index (χ0) is 12.4. The number of nitrogens with one attached hydrogen (secondary N) is 1. The maximum atomic E-state index is 5.40. The summed E-state index contributed by atoms with van der Waals surface area (Å²) in [5.41, 5.74) is 0. The minimum atomic E-state index is 0.322. The van der Waals surface area contributed by atoms with Crippen LogP contribution in [0.25, 0.3) is 0 Å². The number of hydrogen-bond donors (Lipinski definition) is 1. The third-order valence-corrected chi connectivity index (χ3v) is 4.83. The second kappa shape index (κ2) is 5.59. The average Bonchev–Trinajstić information content (AvgIpc) is 3.02. The van der Waals surface area contributed by atoms with Gasteiger partial charge in [0.1, 0.15) is 0 Å². The minimum absolute atomic E-state index is 0.322. The van der Waals surface area contributed by atoms with Crippen LogP contribution in [-0.2, 0) is 6.42 Å². The molecule has 2 aliphatic heterocycles. The van der Waals surface area contributed by atoms with Gasteiger partial charge in [-0.2, -0.15) is 16.7 Å². The van der Waals surface area contributed by atoms with Crippen LogP contribution in [0.5, 0.6) is 0 Å². The Balaban J connectivity index is 1.64. The van der Waals surface area contributed by atoms with Crippen LogP contribution in [0, 0.1) is 5.92 Å². The van der Waals surface area contributed by atoms with Crippen molar-refractivity contribution in [3.8, 4) is 0 Å². The van der Waals surface area contributed by atoms with Gasteiger partial charge < -0.3 is 9.84 Å². The van der Waals surface area contributed by atoms with Gasteiger partial charge in [0.15, 0.2) is 5.82 Å². The van der Waals surface area contributed by atoms with Gasteiger partial charge in [0.2, 0.25) is 5.89 Å². The highest BCUT2D eigenvalue weighted by atomic mass is 32.2. The summed E-state index contributed by atoms with van der Waals surface area (Å²) in [4.78, 5) is 6.91.